The molecule has 0 aromatic heterocycles. The standard InChI is InChI=1S/C14H19N3O/c1-11(2)15-16-14(18)13-8-9-17(13)10-12-6-4-3-5-7-12/h3-7,13H,8-10H2,1-2H3,(H,16,18)/t13-/m0/s1. The summed E-state index contributed by atoms with van der Waals surface area (Å²) in [6.07, 6.45) is 0.914. The number of benzene rings is 1. The van der Waals surface area contributed by atoms with Crippen molar-refractivity contribution >= 4 is 11.6 Å². The SMILES string of the molecule is CC(C)=NNC(=O)[C@@H]1CCN1Cc1ccccc1. The molecule has 0 spiro atoms. The molecule has 1 aromatic rings. The topological polar surface area (TPSA) is 44.7 Å². The molecule has 1 fully saturated rings. The molecule has 1 aliphatic heterocycles. The Kier molecular flexibility index (Phi) is 4.10. The van der Waals surface area contributed by atoms with Gasteiger partial charge in [0.2, 0.25) is 0 Å². The highest BCUT2D eigenvalue weighted by Crippen LogP contribution is 2.20. The van der Waals surface area contributed by atoms with E-state index < -0.39 is 0 Å². The first-order valence-electron chi connectivity index (χ1n) is 6.25. The van der Waals surface area contributed by atoms with Gasteiger partial charge in [-0.3, -0.25) is 9.69 Å². The van der Waals surface area contributed by atoms with Crippen molar-refractivity contribution in [3.8, 4) is 0 Å². The van der Waals surface area contributed by atoms with E-state index in [1.165, 1.54) is 5.56 Å². The average molecular weight is 245 g/mol. The van der Waals surface area contributed by atoms with Crippen LogP contribution in [0, 0.1) is 0 Å². The predicted octanol–water partition coefficient (Wildman–Crippen LogP) is 1.77. The molecule has 4 heteroatoms. The number of rotatable bonds is 4. The van der Waals surface area contributed by atoms with E-state index >= 15 is 0 Å². The first kappa shape index (κ1) is 12.8. The van der Waals surface area contributed by atoms with Crippen molar-refractivity contribution in [2.75, 3.05) is 6.54 Å². The van der Waals surface area contributed by atoms with Gasteiger partial charge in [-0.25, -0.2) is 5.43 Å². The average Bonchev–Trinajstić information content (AvgIpc) is 2.33. The first-order valence-corrected chi connectivity index (χ1v) is 6.25. The van der Waals surface area contributed by atoms with Crippen LogP contribution in [0.5, 0.6) is 0 Å². The number of hydrogen-bond donors (Lipinski definition) is 1. The summed E-state index contributed by atoms with van der Waals surface area (Å²) in [4.78, 5) is 14.0. The number of hydrogen-bond acceptors (Lipinski definition) is 3. The van der Waals surface area contributed by atoms with Gasteiger partial charge >= 0.3 is 0 Å². The number of carbonyl (C=O) groups excluding carboxylic acids is 1. The van der Waals surface area contributed by atoms with Gasteiger partial charge in [0.25, 0.3) is 5.91 Å². The van der Waals surface area contributed by atoms with E-state index in [9.17, 15) is 4.79 Å². The minimum Gasteiger partial charge on any atom is -0.287 e. The summed E-state index contributed by atoms with van der Waals surface area (Å²) < 4.78 is 0. The van der Waals surface area contributed by atoms with Crippen molar-refractivity contribution in [2.45, 2.75) is 32.9 Å². The van der Waals surface area contributed by atoms with E-state index in [2.05, 4.69) is 27.6 Å². The number of carbonyl (C=O) groups is 1. The molecular weight excluding hydrogens is 226 g/mol. The molecule has 1 saturated heterocycles. The van der Waals surface area contributed by atoms with Gasteiger partial charge in [0.05, 0.1) is 6.04 Å². The molecule has 4 nitrogen and oxygen atoms in total. The van der Waals surface area contributed by atoms with E-state index in [0.717, 1.165) is 25.2 Å². The molecule has 0 aliphatic carbocycles. The maximum Gasteiger partial charge on any atom is 0.257 e. The van der Waals surface area contributed by atoms with Crippen molar-refractivity contribution in [3.05, 3.63) is 35.9 Å². The fourth-order valence-corrected chi connectivity index (χ4v) is 1.99. The molecule has 1 atom stereocenters. The van der Waals surface area contributed by atoms with Gasteiger partial charge in [-0.2, -0.15) is 5.10 Å². The van der Waals surface area contributed by atoms with E-state index in [1.54, 1.807) is 0 Å². The van der Waals surface area contributed by atoms with Crippen molar-refractivity contribution < 1.29 is 4.79 Å². The Morgan fingerprint density at radius 3 is 2.67 bits per heavy atom. The molecule has 0 radical (unpaired) electrons. The van der Waals surface area contributed by atoms with E-state index in [0.29, 0.717) is 0 Å². The molecular formula is C14H19N3O. The Labute approximate surface area is 108 Å². The zero-order chi connectivity index (χ0) is 13.0. The highest BCUT2D eigenvalue weighted by Gasteiger charge is 2.33. The summed E-state index contributed by atoms with van der Waals surface area (Å²) in [7, 11) is 0. The smallest absolute Gasteiger partial charge is 0.257 e. The fraction of sp³-hybridized carbons (Fsp3) is 0.429. The van der Waals surface area contributed by atoms with Crippen LogP contribution in [-0.2, 0) is 11.3 Å². The van der Waals surface area contributed by atoms with Crippen LogP contribution in [-0.4, -0.2) is 29.1 Å². The van der Waals surface area contributed by atoms with Gasteiger partial charge in [0.15, 0.2) is 0 Å². The van der Waals surface area contributed by atoms with Crippen LogP contribution < -0.4 is 5.43 Å². The lowest BCUT2D eigenvalue weighted by atomic mass is 10.0. The van der Waals surface area contributed by atoms with Gasteiger partial charge in [-0.1, -0.05) is 30.3 Å². The minimum absolute atomic E-state index is 0.00150. The Balaban J connectivity index is 1.88. The molecule has 1 amide bonds. The Morgan fingerprint density at radius 2 is 2.11 bits per heavy atom. The normalized spacial score (nSPS) is 18.9. The number of nitrogens with one attached hydrogen (secondary N) is 1. The van der Waals surface area contributed by atoms with E-state index in [4.69, 9.17) is 0 Å². The molecule has 1 aromatic carbocycles. The largest absolute Gasteiger partial charge is 0.287 e. The summed E-state index contributed by atoms with van der Waals surface area (Å²) in [5.41, 5.74) is 4.71. The van der Waals surface area contributed by atoms with Crippen molar-refractivity contribution in [2.24, 2.45) is 5.10 Å². The minimum atomic E-state index is -0.0340. The van der Waals surface area contributed by atoms with Crippen LogP contribution in [0.4, 0.5) is 0 Å². The highest BCUT2D eigenvalue weighted by molar-refractivity contribution is 5.85. The Hall–Kier alpha value is -1.68. The number of nitrogens with zero attached hydrogens (tertiary/aromatic N) is 2. The second kappa shape index (κ2) is 5.78. The predicted molar refractivity (Wildman–Crippen MR) is 72.2 cm³/mol. The fourth-order valence-electron chi connectivity index (χ4n) is 1.99. The molecule has 1 N–H and O–H groups in total. The summed E-state index contributed by atoms with van der Waals surface area (Å²) in [6.45, 7) is 5.53. The number of hydrazone groups is 1. The van der Waals surface area contributed by atoms with Crippen LogP contribution in [0.1, 0.15) is 25.8 Å². The second-order valence-corrected chi connectivity index (χ2v) is 4.80. The monoisotopic (exact) mass is 245 g/mol. The third kappa shape index (κ3) is 3.17. The van der Waals surface area contributed by atoms with Gasteiger partial charge in [-0.05, 0) is 25.8 Å². The molecule has 0 saturated carbocycles. The van der Waals surface area contributed by atoms with Gasteiger partial charge < -0.3 is 0 Å². The van der Waals surface area contributed by atoms with Crippen LogP contribution in [0.3, 0.4) is 0 Å². The summed E-state index contributed by atoms with van der Waals surface area (Å²) in [5, 5.41) is 3.96. The van der Waals surface area contributed by atoms with Crippen LogP contribution in [0.15, 0.2) is 35.4 Å². The van der Waals surface area contributed by atoms with Crippen molar-refractivity contribution in [1.29, 1.82) is 0 Å². The zero-order valence-corrected chi connectivity index (χ0v) is 10.9. The molecule has 2 rings (SSSR count). The third-order valence-corrected chi connectivity index (χ3v) is 3.05. The lowest BCUT2D eigenvalue weighted by Gasteiger charge is -2.39. The van der Waals surface area contributed by atoms with Crippen LogP contribution in [0.2, 0.25) is 0 Å². The van der Waals surface area contributed by atoms with Crippen LogP contribution >= 0.6 is 0 Å². The molecule has 0 unspecified atom stereocenters. The lowest BCUT2D eigenvalue weighted by Crippen LogP contribution is -2.54. The molecule has 1 aliphatic rings. The van der Waals surface area contributed by atoms with Gasteiger partial charge in [0.1, 0.15) is 0 Å². The molecule has 18 heavy (non-hydrogen) atoms. The molecule has 96 valence electrons. The third-order valence-electron chi connectivity index (χ3n) is 3.05. The van der Waals surface area contributed by atoms with Gasteiger partial charge in [-0.15, -0.1) is 0 Å². The van der Waals surface area contributed by atoms with Crippen molar-refractivity contribution in [1.82, 2.24) is 10.3 Å². The quantitative estimate of drug-likeness (QED) is 0.649. The summed E-state index contributed by atoms with van der Waals surface area (Å²) in [5.74, 6) is -0.00150. The number of likely N-dealkylation sites (tertiary alicyclic amines) is 1. The highest BCUT2D eigenvalue weighted by atomic mass is 16.2. The van der Waals surface area contributed by atoms with Crippen molar-refractivity contribution in [3.63, 3.8) is 0 Å². The molecule has 0 bridgehead atoms. The van der Waals surface area contributed by atoms with Crippen LogP contribution in [0.25, 0.3) is 0 Å². The Bertz CT molecular complexity index is 438. The van der Waals surface area contributed by atoms with Gasteiger partial charge in [0, 0.05) is 18.8 Å². The summed E-state index contributed by atoms with van der Waals surface area (Å²) in [6, 6.07) is 10.2. The maximum absolute atomic E-state index is 11.9. The van der Waals surface area contributed by atoms with E-state index in [-0.39, 0.29) is 11.9 Å². The second-order valence-electron chi connectivity index (χ2n) is 4.80. The van der Waals surface area contributed by atoms with E-state index in [1.807, 2.05) is 32.0 Å². The summed E-state index contributed by atoms with van der Waals surface area (Å²) >= 11 is 0. The zero-order valence-electron chi connectivity index (χ0n) is 10.9. The Morgan fingerprint density at radius 1 is 1.39 bits per heavy atom. The first-order chi connectivity index (χ1) is 8.66. The molecule has 1 heterocycles. The maximum atomic E-state index is 11.9. The number of amides is 1. The lowest BCUT2D eigenvalue weighted by molar-refractivity contribution is -0.131.